The Morgan fingerprint density at radius 1 is 1.19 bits per heavy atom. The lowest BCUT2D eigenvalue weighted by Gasteiger charge is -2.49. The van der Waals surface area contributed by atoms with Gasteiger partial charge in [-0.05, 0) is 25.0 Å². The summed E-state index contributed by atoms with van der Waals surface area (Å²) < 4.78 is 16.2. The second-order valence-corrected chi connectivity index (χ2v) is 11.0. The van der Waals surface area contributed by atoms with Crippen molar-refractivity contribution < 1.29 is 4.39 Å². The number of halogens is 1. The Morgan fingerprint density at radius 2 is 1.94 bits per heavy atom. The second-order valence-electron chi connectivity index (χ2n) is 10.0. The van der Waals surface area contributed by atoms with Crippen molar-refractivity contribution in [2.75, 3.05) is 25.0 Å². The Morgan fingerprint density at radius 3 is 2.69 bits per heavy atom. The summed E-state index contributed by atoms with van der Waals surface area (Å²) in [4.78, 5) is 17.3. The topological polar surface area (TPSA) is 71.8 Å². The van der Waals surface area contributed by atoms with E-state index < -0.39 is 0 Å². The molecule has 166 valence electrons. The molecule has 2 fully saturated rings. The maximum atomic E-state index is 14.6. The van der Waals surface area contributed by atoms with Crippen LogP contribution in [0.25, 0.3) is 32.6 Å². The van der Waals surface area contributed by atoms with E-state index in [1.54, 1.807) is 35.5 Å². The molecule has 1 aromatic carbocycles. The molecule has 2 unspecified atom stereocenters. The zero-order valence-electron chi connectivity index (χ0n) is 18.7. The van der Waals surface area contributed by atoms with Crippen LogP contribution in [-0.2, 0) is 7.05 Å². The fraction of sp³-hybridized carbons (Fsp3) is 0.478. The van der Waals surface area contributed by atoms with E-state index in [0.717, 1.165) is 34.0 Å². The highest BCUT2D eigenvalue weighted by atomic mass is 32.1. The van der Waals surface area contributed by atoms with Crippen LogP contribution in [0.4, 0.5) is 9.52 Å². The van der Waals surface area contributed by atoms with Gasteiger partial charge in [0, 0.05) is 61.2 Å². The van der Waals surface area contributed by atoms with Crippen LogP contribution in [0.2, 0.25) is 0 Å². The Bertz CT molecular complexity index is 1350. The number of fused-ring (bicyclic) bond motifs is 4. The van der Waals surface area contributed by atoms with Crippen LogP contribution >= 0.6 is 11.3 Å². The van der Waals surface area contributed by atoms with Gasteiger partial charge in [-0.15, -0.1) is 0 Å². The summed E-state index contributed by atoms with van der Waals surface area (Å²) in [6.45, 7) is 6.85. The van der Waals surface area contributed by atoms with E-state index in [1.165, 1.54) is 18.9 Å². The molecule has 1 aliphatic heterocycles. The van der Waals surface area contributed by atoms with Gasteiger partial charge in [-0.25, -0.2) is 19.3 Å². The van der Waals surface area contributed by atoms with Crippen LogP contribution in [0.3, 0.4) is 0 Å². The van der Waals surface area contributed by atoms with E-state index in [0.29, 0.717) is 22.9 Å². The lowest BCUT2D eigenvalue weighted by molar-refractivity contribution is 0.143. The van der Waals surface area contributed by atoms with Gasteiger partial charge in [-0.1, -0.05) is 25.2 Å². The Kier molecular flexibility index (Phi) is 4.17. The summed E-state index contributed by atoms with van der Waals surface area (Å²) in [5.41, 5.74) is 2.24. The van der Waals surface area contributed by atoms with Gasteiger partial charge >= 0.3 is 0 Å². The van der Waals surface area contributed by atoms with Crippen LogP contribution in [0.15, 0.2) is 24.5 Å². The summed E-state index contributed by atoms with van der Waals surface area (Å²) in [5, 5.41) is 9.51. The Hall–Kier alpha value is -2.65. The van der Waals surface area contributed by atoms with Crippen LogP contribution in [0, 0.1) is 16.6 Å². The standard InChI is InChI=1S/C23H26FN7S/c1-22-5-6-23(2,12-25-11-22)20(22)31(4)21-27-16-9-26-18(28-19(16)32-21)13-7-14-10-30(3)29-17(14)15(24)8-13/h7-10,20,25H,5-6,11-12H2,1-4H3. The zero-order valence-corrected chi connectivity index (χ0v) is 19.5. The molecule has 1 saturated heterocycles. The number of hydrogen-bond donors (Lipinski definition) is 1. The third-order valence-electron chi connectivity index (χ3n) is 7.41. The molecule has 9 heteroatoms. The second kappa shape index (κ2) is 6.68. The first kappa shape index (κ1) is 20.0. The van der Waals surface area contributed by atoms with Crippen molar-refractivity contribution >= 4 is 37.7 Å². The predicted octanol–water partition coefficient (Wildman–Crippen LogP) is 3.99. The van der Waals surface area contributed by atoms with E-state index in [-0.39, 0.29) is 16.6 Å². The molecule has 2 aliphatic rings. The minimum atomic E-state index is -0.366. The Labute approximate surface area is 189 Å². The fourth-order valence-corrected chi connectivity index (χ4v) is 6.99. The lowest BCUT2D eigenvalue weighted by atomic mass is 9.72. The van der Waals surface area contributed by atoms with E-state index >= 15 is 0 Å². The lowest BCUT2D eigenvalue weighted by Crippen LogP contribution is -2.60. The van der Waals surface area contributed by atoms with Crippen molar-refractivity contribution in [3.8, 4) is 11.4 Å². The van der Waals surface area contributed by atoms with Gasteiger partial charge in [0.25, 0.3) is 0 Å². The normalized spacial score (nSPS) is 27.5. The third-order valence-corrected chi connectivity index (χ3v) is 8.46. The molecular formula is C23H26FN7S. The monoisotopic (exact) mass is 451 g/mol. The van der Waals surface area contributed by atoms with E-state index in [2.05, 4.69) is 41.2 Å². The summed E-state index contributed by atoms with van der Waals surface area (Å²) in [5.74, 6) is 0.135. The number of aromatic nitrogens is 5. The molecule has 6 rings (SSSR count). The van der Waals surface area contributed by atoms with Crippen molar-refractivity contribution in [1.29, 1.82) is 0 Å². The SMILES string of the molecule is CN(c1nc2cnc(-c3cc(F)c4nn(C)cc4c3)nc2s1)C1C2(C)CCC1(C)CNC2. The molecule has 4 aromatic rings. The number of anilines is 1. The molecular weight excluding hydrogens is 425 g/mol. The largest absolute Gasteiger partial charge is 0.347 e. The smallest absolute Gasteiger partial charge is 0.188 e. The molecule has 2 atom stereocenters. The van der Waals surface area contributed by atoms with Crippen molar-refractivity contribution in [2.24, 2.45) is 17.9 Å². The van der Waals surface area contributed by atoms with Gasteiger partial charge < -0.3 is 10.2 Å². The minimum Gasteiger partial charge on any atom is -0.347 e. The van der Waals surface area contributed by atoms with Gasteiger partial charge in [0.15, 0.2) is 16.8 Å². The number of nitrogens with zero attached hydrogens (tertiary/aromatic N) is 6. The molecule has 0 spiro atoms. The molecule has 7 nitrogen and oxygen atoms in total. The fourth-order valence-electron chi connectivity index (χ4n) is 6.09. The van der Waals surface area contributed by atoms with Crippen LogP contribution < -0.4 is 10.2 Å². The molecule has 1 saturated carbocycles. The zero-order chi connectivity index (χ0) is 22.3. The first-order chi connectivity index (χ1) is 15.3. The minimum absolute atomic E-state index is 0.229. The molecule has 0 amide bonds. The number of hydrogen-bond acceptors (Lipinski definition) is 7. The van der Waals surface area contributed by atoms with E-state index in [9.17, 15) is 4.39 Å². The summed E-state index contributed by atoms with van der Waals surface area (Å²) in [7, 11) is 3.95. The van der Waals surface area contributed by atoms with Gasteiger partial charge in [-0.2, -0.15) is 5.10 Å². The quantitative estimate of drug-likeness (QED) is 0.508. The summed E-state index contributed by atoms with van der Waals surface area (Å²) in [6, 6.07) is 3.76. The first-order valence-electron chi connectivity index (χ1n) is 11.0. The molecule has 1 aliphatic carbocycles. The van der Waals surface area contributed by atoms with Crippen LogP contribution in [-0.4, -0.2) is 50.9 Å². The van der Waals surface area contributed by atoms with E-state index in [4.69, 9.17) is 9.97 Å². The number of thiazole rings is 1. The van der Waals surface area contributed by atoms with Gasteiger partial charge in [0.05, 0.1) is 6.20 Å². The number of rotatable bonds is 3. The number of piperidine rings is 1. The van der Waals surface area contributed by atoms with Gasteiger partial charge in [0.1, 0.15) is 15.9 Å². The maximum Gasteiger partial charge on any atom is 0.188 e. The average molecular weight is 452 g/mol. The Balaban J connectivity index is 1.38. The molecule has 0 radical (unpaired) electrons. The van der Waals surface area contributed by atoms with Crippen molar-refractivity contribution in [1.82, 2.24) is 30.0 Å². The highest BCUT2D eigenvalue weighted by molar-refractivity contribution is 7.21. The van der Waals surface area contributed by atoms with Crippen LogP contribution in [0.1, 0.15) is 26.7 Å². The number of aryl methyl sites for hydroxylation is 1. The van der Waals surface area contributed by atoms with Crippen molar-refractivity contribution in [2.45, 2.75) is 32.7 Å². The third kappa shape index (κ3) is 2.87. The van der Waals surface area contributed by atoms with Gasteiger partial charge in [-0.3, -0.25) is 4.68 Å². The van der Waals surface area contributed by atoms with Gasteiger partial charge in [0.2, 0.25) is 0 Å². The molecule has 3 aromatic heterocycles. The predicted molar refractivity (Wildman–Crippen MR) is 125 cm³/mol. The summed E-state index contributed by atoms with van der Waals surface area (Å²) >= 11 is 1.58. The van der Waals surface area contributed by atoms with E-state index in [1.807, 2.05) is 6.07 Å². The molecule has 32 heavy (non-hydrogen) atoms. The number of benzene rings is 1. The molecule has 4 heterocycles. The van der Waals surface area contributed by atoms with Crippen molar-refractivity contribution in [3.63, 3.8) is 0 Å². The summed E-state index contributed by atoms with van der Waals surface area (Å²) in [6.07, 6.45) is 6.00. The average Bonchev–Trinajstić information content (AvgIpc) is 3.38. The maximum absolute atomic E-state index is 14.6. The molecule has 2 bridgehead atoms. The van der Waals surface area contributed by atoms with Crippen molar-refractivity contribution in [3.05, 3.63) is 30.3 Å². The highest BCUT2D eigenvalue weighted by Gasteiger charge is 2.56. The van der Waals surface area contributed by atoms with Crippen LogP contribution in [0.5, 0.6) is 0 Å². The number of nitrogens with one attached hydrogen (secondary N) is 1. The highest BCUT2D eigenvalue weighted by Crippen LogP contribution is 2.54. The first-order valence-corrected chi connectivity index (χ1v) is 11.8. The molecule has 1 N–H and O–H groups in total.